The molecule has 0 saturated carbocycles. The van der Waals surface area contributed by atoms with Gasteiger partial charge < -0.3 is 4.98 Å². The third-order valence-corrected chi connectivity index (χ3v) is 3.16. The number of hydrogen-bond acceptors (Lipinski definition) is 2. The number of fused-ring (bicyclic) bond motifs is 1. The lowest BCUT2D eigenvalue weighted by Gasteiger charge is -2.22. The summed E-state index contributed by atoms with van der Waals surface area (Å²) in [7, 11) is 0. The molecule has 100 valence electrons. The average molecular weight is 255 g/mol. The van der Waals surface area contributed by atoms with Gasteiger partial charge >= 0.3 is 0 Å². The zero-order valence-electron chi connectivity index (χ0n) is 12.1. The highest BCUT2D eigenvalue weighted by Crippen LogP contribution is 2.26. The van der Waals surface area contributed by atoms with Crippen molar-refractivity contribution in [3.63, 3.8) is 0 Å². The molecule has 0 amide bonds. The topological polar surface area (TPSA) is 52.5 Å². The van der Waals surface area contributed by atoms with Gasteiger partial charge in [-0.1, -0.05) is 27.7 Å². The average Bonchev–Trinajstić information content (AvgIpc) is 2.66. The Morgan fingerprint density at radius 3 is 2.74 bits per heavy atom. The molecule has 0 aliphatic heterocycles. The maximum Gasteiger partial charge on any atom is 0.107 e. The second-order valence-corrected chi connectivity index (χ2v) is 6.60. The molecule has 2 aromatic rings. The van der Waals surface area contributed by atoms with E-state index < -0.39 is 0 Å². The van der Waals surface area contributed by atoms with Crippen LogP contribution in [0.4, 0.5) is 0 Å². The Morgan fingerprint density at radius 2 is 2.11 bits per heavy atom. The predicted molar refractivity (Wildman–Crippen MR) is 77.7 cm³/mol. The van der Waals surface area contributed by atoms with Crippen molar-refractivity contribution in [1.29, 1.82) is 5.26 Å². The Kier molecular flexibility index (Phi) is 3.61. The van der Waals surface area contributed by atoms with Crippen LogP contribution in [0.25, 0.3) is 11.0 Å². The van der Waals surface area contributed by atoms with Crippen molar-refractivity contribution in [3.05, 3.63) is 29.6 Å². The molecule has 3 nitrogen and oxygen atoms in total. The van der Waals surface area contributed by atoms with Crippen molar-refractivity contribution in [2.45, 2.75) is 40.5 Å². The second-order valence-electron chi connectivity index (χ2n) is 6.60. The monoisotopic (exact) mass is 255 g/mol. The summed E-state index contributed by atoms with van der Waals surface area (Å²) in [5.41, 5.74) is 2.92. The van der Waals surface area contributed by atoms with Crippen LogP contribution in [0, 0.1) is 22.7 Å². The van der Waals surface area contributed by atoms with Gasteiger partial charge in [0.15, 0.2) is 0 Å². The van der Waals surface area contributed by atoms with E-state index in [-0.39, 0.29) is 0 Å². The van der Waals surface area contributed by atoms with Crippen molar-refractivity contribution in [1.82, 2.24) is 9.97 Å². The summed E-state index contributed by atoms with van der Waals surface area (Å²) in [5, 5.41) is 8.89. The smallest absolute Gasteiger partial charge is 0.107 e. The van der Waals surface area contributed by atoms with Crippen LogP contribution in [0.2, 0.25) is 0 Å². The molecule has 1 N–H and O–H groups in total. The first kappa shape index (κ1) is 13.6. The fraction of sp³-hybridized carbons (Fsp3) is 0.500. The molecule has 1 unspecified atom stereocenters. The Morgan fingerprint density at radius 1 is 1.37 bits per heavy atom. The van der Waals surface area contributed by atoms with Crippen molar-refractivity contribution in [2.24, 2.45) is 11.3 Å². The van der Waals surface area contributed by atoms with Crippen molar-refractivity contribution >= 4 is 11.0 Å². The first-order chi connectivity index (χ1) is 8.87. The van der Waals surface area contributed by atoms with Gasteiger partial charge in [-0.05, 0) is 36.0 Å². The van der Waals surface area contributed by atoms with Gasteiger partial charge in [-0.15, -0.1) is 0 Å². The highest BCUT2D eigenvalue weighted by Gasteiger charge is 2.16. The van der Waals surface area contributed by atoms with E-state index >= 15 is 0 Å². The van der Waals surface area contributed by atoms with Gasteiger partial charge in [0.2, 0.25) is 0 Å². The summed E-state index contributed by atoms with van der Waals surface area (Å²) in [6.07, 6.45) is 2.13. The van der Waals surface area contributed by atoms with Gasteiger partial charge in [0.25, 0.3) is 0 Å². The first-order valence-electron chi connectivity index (χ1n) is 6.76. The number of imidazole rings is 1. The van der Waals surface area contributed by atoms with E-state index in [2.05, 4.69) is 43.7 Å². The summed E-state index contributed by atoms with van der Waals surface area (Å²) in [6, 6.07) is 7.73. The van der Waals surface area contributed by atoms with Crippen LogP contribution in [0.15, 0.2) is 18.2 Å². The van der Waals surface area contributed by atoms with E-state index in [1.807, 2.05) is 18.2 Å². The number of aromatic nitrogens is 2. The summed E-state index contributed by atoms with van der Waals surface area (Å²) < 4.78 is 0. The molecule has 0 radical (unpaired) electrons. The highest BCUT2D eigenvalue weighted by atomic mass is 14.9. The molecule has 3 heteroatoms. The lowest BCUT2D eigenvalue weighted by molar-refractivity contribution is 0.304. The Balaban J connectivity index is 2.16. The maximum absolute atomic E-state index is 8.89. The molecule has 1 heterocycles. The van der Waals surface area contributed by atoms with E-state index in [0.29, 0.717) is 16.9 Å². The Bertz CT molecular complexity index is 611. The zero-order chi connectivity index (χ0) is 14.0. The molecule has 0 bridgehead atoms. The fourth-order valence-electron chi connectivity index (χ4n) is 2.68. The summed E-state index contributed by atoms with van der Waals surface area (Å²) in [5.74, 6) is 1.61. The van der Waals surface area contributed by atoms with Crippen LogP contribution < -0.4 is 0 Å². The molecule has 0 aliphatic carbocycles. The number of hydrogen-bond donors (Lipinski definition) is 1. The van der Waals surface area contributed by atoms with Crippen LogP contribution in [0.1, 0.15) is 45.5 Å². The maximum atomic E-state index is 8.89. The van der Waals surface area contributed by atoms with Crippen LogP contribution in [0.5, 0.6) is 0 Å². The minimum Gasteiger partial charge on any atom is -0.342 e. The van der Waals surface area contributed by atoms with Gasteiger partial charge in [0.05, 0.1) is 22.7 Å². The number of nitriles is 1. The number of benzene rings is 1. The lowest BCUT2D eigenvalue weighted by atomic mass is 9.84. The largest absolute Gasteiger partial charge is 0.342 e. The van der Waals surface area contributed by atoms with E-state index in [4.69, 9.17) is 5.26 Å². The molecule has 2 rings (SSSR count). The quantitative estimate of drug-likeness (QED) is 0.899. The zero-order valence-corrected chi connectivity index (χ0v) is 12.1. The van der Waals surface area contributed by atoms with E-state index in [0.717, 1.165) is 23.3 Å². The minimum atomic E-state index is 0.347. The van der Waals surface area contributed by atoms with Crippen LogP contribution in [-0.2, 0) is 6.42 Å². The summed E-state index contributed by atoms with van der Waals surface area (Å²) in [4.78, 5) is 7.92. The number of aromatic amines is 1. The van der Waals surface area contributed by atoms with Crippen LogP contribution >= 0.6 is 0 Å². The van der Waals surface area contributed by atoms with Crippen LogP contribution in [-0.4, -0.2) is 9.97 Å². The Labute approximate surface area is 114 Å². The van der Waals surface area contributed by atoms with Gasteiger partial charge in [-0.2, -0.15) is 5.26 Å². The molecule has 0 fully saturated rings. The van der Waals surface area contributed by atoms with Crippen LogP contribution in [0.3, 0.4) is 0 Å². The van der Waals surface area contributed by atoms with E-state index in [1.54, 1.807) is 0 Å². The lowest BCUT2D eigenvalue weighted by Crippen LogP contribution is -2.13. The van der Waals surface area contributed by atoms with Gasteiger partial charge in [0.1, 0.15) is 5.82 Å². The third-order valence-electron chi connectivity index (χ3n) is 3.16. The summed E-state index contributed by atoms with van der Waals surface area (Å²) in [6.45, 7) is 9.06. The van der Waals surface area contributed by atoms with Gasteiger partial charge in [-0.25, -0.2) is 4.98 Å². The van der Waals surface area contributed by atoms with E-state index in [1.165, 1.54) is 6.42 Å². The molecular weight excluding hydrogens is 234 g/mol. The first-order valence-corrected chi connectivity index (χ1v) is 6.76. The number of nitrogens with zero attached hydrogens (tertiary/aromatic N) is 2. The van der Waals surface area contributed by atoms with Crippen molar-refractivity contribution in [2.75, 3.05) is 0 Å². The molecule has 0 saturated heterocycles. The second kappa shape index (κ2) is 5.05. The standard InChI is InChI=1S/C16H21N3/c1-11(9-16(2,3)4)7-15-18-13-6-5-12(10-17)8-14(13)19-15/h5-6,8,11H,7,9H2,1-4H3,(H,18,19). The normalized spacial score (nSPS) is 13.4. The third kappa shape index (κ3) is 3.57. The molecule has 0 aliphatic rings. The molecule has 19 heavy (non-hydrogen) atoms. The summed E-state index contributed by atoms with van der Waals surface area (Å²) >= 11 is 0. The molecule has 0 spiro atoms. The number of nitrogens with one attached hydrogen (secondary N) is 1. The fourth-order valence-corrected chi connectivity index (χ4v) is 2.68. The SMILES string of the molecule is CC(Cc1nc2ccc(C#N)cc2[nH]1)CC(C)(C)C. The molecule has 1 aromatic carbocycles. The number of H-pyrrole nitrogens is 1. The predicted octanol–water partition coefficient (Wildman–Crippen LogP) is 4.05. The minimum absolute atomic E-state index is 0.347. The van der Waals surface area contributed by atoms with E-state index in [9.17, 15) is 0 Å². The van der Waals surface area contributed by atoms with Gasteiger partial charge in [0, 0.05) is 6.42 Å². The number of rotatable bonds is 3. The van der Waals surface area contributed by atoms with Crippen molar-refractivity contribution < 1.29 is 0 Å². The highest BCUT2D eigenvalue weighted by molar-refractivity contribution is 5.76. The molecule has 1 atom stereocenters. The molecule has 1 aromatic heterocycles. The Hall–Kier alpha value is -1.82. The van der Waals surface area contributed by atoms with Crippen molar-refractivity contribution in [3.8, 4) is 6.07 Å². The molecular formula is C16H21N3. The van der Waals surface area contributed by atoms with Gasteiger partial charge in [-0.3, -0.25) is 0 Å².